The molecule has 1 aromatic heterocycles. The molecule has 0 spiro atoms. The van der Waals surface area contributed by atoms with Crippen LogP contribution in [-0.4, -0.2) is 39.3 Å². The van der Waals surface area contributed by atoms with E-state index in [2.05, 4.69) is 54.6 Å². The van der Waals surface area contributed by atoms with Gasteiger partial charge >= 0.3 is 0 Å². The molecule has 2 aromatic carbocycles. The van der Waals surface area contributed by atoms with E-state index < -0.39 is 23.8 Å². The first kappa shape index (κ1) is 26.9. The third-order valence-corrected chi connectivity index (χ3v) is 6.72. The highest BCUT2D eigenvalue weighted by Crippen LogP contribution is 2.48. The summed E-state index contributed by atoms with van der Waals surface area (Å²) in [5.41, 5.74) is 3.60. The summed E-state index contributed by atoms with van der Waals surface area (Å²) in [5.74, 6) is -1.70. The van der Waals surface area contributed by atoms with Gasteiger partial charge < -0.3 is 20.3 Å². The molecule has 0 saturated heterocycles. The second-order valence-corrected chi connectivity index (χ2v) is 11.4. The van der Waals surface area contributed by atoms with Crippen molar-refractivity contribution in [1.29, 1.82) is 0 Å². The van der Waals surface area contributed by atoms with Crippen molar-refractivity contribution < 1.29 is 18.7 Å². The molecule has 1 aliphatic carbocycles. The van der Waals surface area contributed by atoms with Gasteiger partial charge in [0.1, 0.15) is 11.6 Å². The van der Waals surface area contributed by atoms with Crippen molar-refractivity contribution in [1.82, 2.24) is 20.2 Å². The molecule has 1 amide bonds. The maximum absolute atomic E-state index is 13.7. The van der Waals surface area contributed by atoms with Crippen molar-refractivity contribution in [3.8, 4) is 5.69 Å². The lowest BCUT2D eigenvalue weighted by atomic mass is 9.86. The van der Waals surface area contributed by atoms with Crippen molar-refractivity contribution >= 4 is 5.91 Å². The molecule has 198 valence electrons. The Kier molecular flexibility index (Phi) is 7.80. The highest BCUT2D eigenvalue weighted by atomic mass is 19.1. The topological polar surface area (TPSA) is 79.2 Å². The Morgan fingerprint density at radius 3 is 2.41 bits per heavy atom. The molecule has 8 heteroatoms. The molecule has 4 rings (SSSR count). The van der Waals surface area contributed by atoms with Crippen molar-refractivity contribution in [2.24, 2.45) is 5.41 Å². The number of nitrogens with one attached hydrogen (secondary N) is 2. The third kappa shape index (κ3) is 7.02. The van der Waals surface area contributed by atoms with E-state index in [4.69, 9.17) is 0 Å². The van der Waals surface area contributed by atoms with E-state index in [1.165, 1.54) is 24.6 Å². The van der Waals surface area contributed by atoms with Crippen LogP contribution < -0.4 is 10.6 Å². The zero-order chi connectivity index (χ0) is 26.8. The van der Waals surface area contributed by atoms with Gasteiger partial charge in [-0.1, -0.05) is 32.9 Å². The second kappa shape index (κ2) is 10.7. The molecule has 0 radical (unpaired) electrons. The van der Waals surface area contributed by atoms with E-state index in [0.717, 1.165) is 36.6 Å². The van der Waals surface area contributed by atoms with Crippen LogP contribution in [0.1, 0.15) is 57.2 Å². The van der Waals surface area contributed by atoms with Crippen LogP contribution in [0.4, 0.5) is 8.78 Å². The number of halogens is 2. The number of hydrogen-bond donors (Lipinski definition) is 3. The summed E-state index contributed by atoms with van der Waals surface area (Å²) in [7, 11) is 0. The molecular weight excluding hydrogens is 474 g/mol. The Labute approximate surface area is 217 Å². The number of hydrogen-bond acceptors (Lipinski definition) is 4. The second-order valence-electron chi connectivity index (χ2n) is 11.4. The lowest BCUT2D eigenvalue weighted by Crippen LogP contribution is -2.49. The predicted octanol–water partition coefficient (Wildman–Crippen LogP) is 4.43. The predicted molar refractivity (Wildman–Crippen MR) is 139 cm³/mol. The molecule has 2 unspecified atom stereocenters. The van der Waals surface area contributed by atoms with Gasteiger partial charge in [0.2, 0.25) is 5.91 Å². The van der Waals surface area contributed by atoms with E-state index in [-0.39, 0.29) is 29.8 Å². The lowest BCUT2D eigenvalue weighted by molar-refractivity contribution is -0.120. The van der Waals surface area contributed by atoms with Crippen molar-refractivity contribution in [2.45, 2.75) is 71.1 Å². The first-order chi connectivity index (χ1) is 17.4. The van der Waals surface area contributed by atoms with Crippen LogP contribution in [0.5, 0.6) is 0 Å². The Morgan fingerprint density at radius 2 is 1.84 bits per heavy atom. The van der Waals surface area contributed by atoms with Crippen LogP contribution in [0.15, 0.2) is 55.1 Å². The Morgan fingerprint density at radius 1 is 1.14 bits per heavy atom. The smallest absolute Gasteiger partial charge is 0.217 e. The van der Waals surface area contributed by atoms with Gasteiger partial charge in [0.05, 0.1) is 24.2 Å². The molecule has 1 fully saturated rings. The van der Waals surface area contributed by atoms with Gasteiger partial charge in [-0.25, -0.2) is 13.8 Å². The summed E-state index contributed by atoms with van der Waals surface area (Å²) in [6, 6.07) is 9.05. The molecular formula is C29H36F2N4O2. The Hall–Kier alpha value is -3.10. The summed E-state index contributed by atoms with van der Waals surface area (Å²) < 4.78 is 29.4. The standard InChI is InChI=1S/C29H36F2N4O2/c1-19(36)34-25(14-21-11-22(30)15-23(31)12-21)27(37)17-33-29(7-8-29)24-13-20(16-28(2,3)4)5-6-26(24)35-10-9-32-18-35/h5-6,9-13,15,18,25,27,33,37H,7-8,14,16-17H2,1-4H3,(H,34,36). The summed E-state index contributed by atoms with van der Waals surface area (Å²) in [4.78, 5) is 16.1. The summed E-state index contributed by atoms with van der Waals surface area (Å²) in [6.45, 7) is 8.20. The number of amides is 1. The largest absolute Gasteiger partial charge is 0.390 e. The van der Waals surface area contributed by atoms with Crippen LogP contribution in [0.3, 0.4) is 0 Å². The summed E-state index contributed by atoms with van der Waals surface area (Å²) in [5, 5.41) is 17.4. The maximum atomic E-state index is 13.7. The van der Waals surface area contributed by atoms with Crippen LogP contribution in [0.25, 0.3) is 5.69 Å². The Balaban J connectivity index is 1.55. The zero-order valence-electron chi connectivity index (χ0n) is 21.9. The number of nitrogens with zero attached hydrogens (tertiary/aromatic N) is 2. The molecule has 2 atom stereocenters. The fourth-order valence-corrected chi connectivity index (χ4v) is 4.95. The number of carbonyl (C=O) groups excluding carboxylic acids is 1. The monoisotopic (exact) mass is 510 g/mol. The molecule has 6 nitrogen and oxygen atoms in total. The minimum Gasteiger partial charge on any atom is -0.390 e. The number of aliphatic hydroxyl groups excluding tert-OH is 1. The first-order valence-corrected chi connectivity index (χ1v) is 12.7. The fraction of sp³-hybridized carbons (Fsp3) is 0.448. The first-order valence-electron chi connectivity index (χ1n) is 12.7. The van der Waals surface area contributed by atoms with E-state index in [0.29, 0.717) is 5.56 Å². The number of imidazole rings is 1. The zero-order valence-corrected chi connectivity index (χ0v) is 21.9. The summed E-state index contributed by atoms with van der Waals surface area (Å²) >= 11 is 0. The number of aromatic nitrogens is 2. The number of carbonyl (C=O) groups is 1. The summed E-state index contributed by atoms with van der Waals surface area (Å²) in [6.07, 6.45) is 7.30. The molecule has 1 heterocycles. The van der Waals surface area contributed by atoms with Crippen LogP contribution in [-0.2, 0) is 23.2 Å². The average Bonchev–Trinajstić information content (AvgIpc) is 3.38. The molecule has 1 aliphatic rings. The van der Waals surface area contributed by atoms with Gasteiger partial charge in [0.15, 0.2) is 0 Å². The van der Waals surface area contributed by atoms with Gasteiger partial charge in [-0.05, 0) is 66.0 Å². The van der Waals surface area contributed by atoms with Crippen LogP contribution >= 0.6 is 0 Å². The molecule has 1 saturated carbocycles. The molecule has 3 aromatic rings. The number of rotatable bonds is 10. The molecule has 37 heavy (non-hydrogen) atoms. The highest BCUT2D eigenvalue weighted by molar-refractivity contribution is 5.73. The van der Waals surface area contributed by atoms with Gasteiger partial charge in [-0.3, -0.25) is 4.79 Å². The minimum atomic E-state index is -0.970. The SMILES string of the molecule is CC(=O)NC(Cc1cc(F)cc(F)c1)C(O)CNC1(c2cc(CC(C)(C)C)ccc2-n2ccnc2)CC1. The van der Waals surface area contributed by atoms with Crippen LogP contribution in [0, 0.1) is 17.0 Å². The van der Waals surface area contributed by atoms with Crippen molar-refractivity contribution in [3.05, 3.63) is 83.4 Å². The molecule has 0 aliphatic heterocycles. The normalized spacial score (nSPS) is 16.3. The van der Waals surface area contributed by atoms with Crippen LogP contribution in [0.2, 0.25) is 0 Å². The molecule has 3 N–H and O–H groups in total. The van der Waals surface area contributed by atoms with E-state index >= 15 is 0 Å². The fourth-order valence-electron chi connectivity index (χ4n) is 4.95. The average molecular weight is 511 g/mol. The van der Waals surface area contributed by atoms with Gasteiger partial charge in [0.25, 0.3) is 0 Å². The number of benzene rings is 2. The van der Waals surface area contributed by atoms with Crippen molar-refractivity contribution in [2.75, 3.05) is 6.54 Å². The molecule has 0 bridgehead atoms. The maximum Gasteiger partial charge on any atom is 0.217 e. The van der Waals surface area contributed by atoms with E-state index in [9.17, 15) is 18.7 Å². The van der Waals surface area contributed by atoms with Gasteiger partial charge in [-0.2, -0.15) is 0 Å². The van der Waals surface area contributed by atoms with Gasteiger partial charge in [0, 0.05) is 37.5 Å². The lowest BCUT2D eigenvalue weighted by Gasteiger charge is -2.28. The Bertz CT molecular complexity index is 1210. The quantitative estimate of drug-likeness (QED) is 0.377. The van der Waals surface area contributed by atoms with E-state index in [1.807, 2.05) is 10.8 Å². The van der Waals surface area contributed by atoms with Gasteiger partial charge in [-0.15, -0.1) is 0 Å². The minimum absolute atomic E-state index is 0.103. The third-order valence-electron chi connectivity index (χ3n) is 6.72. The van der Waals surface area contributed by atoms with E-state index in [1.54, 1.807) is 12.5 Å². The highest BCUT2D eigenvalue weighted by Gasteiger charge is 2.46. The number of aliphatic hydroxyl groups is 1. The van der Waals surface area contributed by atoms with Crippen molar-refractivity contribution in [3.63, 3.8) is 0 Å².